The highest BCUT2D eigenvalue weighted by Crippen LogP contribution is 2.35. The van der Waals surface area contributed by atoms with E-state index < -0.39 is 0 Å². The van der Waals surface area contributed by atoms with Crippen molar-refractivity contribution in [2.24, 2.45) is 0 Å². The van der Waals surface area contributed by atoms with Gasteiger partial charge < -0.3 is 9.47 Å². The lowest BCUT2D eigenvalue weighted by Crippen LogP contribution is -2.05. The third-order valence-electron chi connectivity index (χ3n) is 8.81. The van der Waals surface area contributed by atoms with Crippen molar-refractivity contribution in [3.63, 3.8) is 0 Å². The van der Waals surface area contributed by atoms with Crippen molar-refractivity contribution < 1.29 is 9.47 Å². The Labute approximate surface area is 293 Å². The lowest BCUT2D eigenvalue weighted by atomic mass is 10.0. The molecule has 0 spiro atoms. The summed E-state index contributed by atoms with van der Waals surface area (Å²) in [6.45, 7) is 10.6. The number of hydrogen-bond donors (Lipinski definition) is 0. The quantitative estimate of drug-likeness (QED) is 0.0558. The molecule has 2 heteroatoms. The van der Waals surface area contributed by atoms with Crippen LogP contribution in [0.25, 0.3) is 0 Å². The van der Waals surface area contributed by atoms with Crippen LogP contribution in [0.4, 0.5) is 0 Å². The Morgan fingerprint density at radius 2 is 0.787 bits per heavy atom. The van der Waals surface area contributed by atoms with Crippen molar-refractivity contribution in [3.05, 3.63) is 72.4 Å². The van der Waals surface area contributed by atoms with Crippen molar-refractivity contribution in [2.45, 2.75) is 188 Å². The highest BCUT2D eigenvalue weighted by atomic mass is 16.5. The molecule has 0 saturated carbocycles. The van der Waals surface area contributed by atoms with Gasteiger partial charge in [-0.15, -0.1) is 0 Å². The van der Waals surface area contributed by atoms with E-state index in [1.807, 2.05) is 0 Å². The van der Waals surface area contributed by atoms with E-state index in [0.29, 0.717) is 5.92 Å². The zero-order valence-electron chi connectivity index (χ0n) is 31.6. The van der Waals surface area contributed by atoms with Crippen molar-refractivity contribution in [3.8, 4) is 11.5 Å². The zero-order chi connectivity index (χ0) is 33.9. The van der Waals surface area contributed by atoms with Gasteiger partial charge in [0.1, 0.15) is 11.5 Å². The van der Waals surface area contributed by atoms with Gasteiger partial charge in [0.15, 0.2) is 0 Å². The highest BCUT2D eigenvalue weighted by Gasteiger charge is 2.14. The number of hydrogen-bond acceptors (Lipinski definition) is 2. The second-order valence-electron chi connectivity index (χ2n) is 13.7. The summed E-state index contributed by atoms with van der Waals surface area (Å²) in [4.78, 5) is 0. The second-order valence-corrected chi connectivity index (χ2v) is 13.7. The molecule has 0 atom stereocenters. The Kier molecular flexibility index (Phi) is 30.7. The van der Waals surface area contributed by atoms with Crippen LogP contribution in [0, 0.1) is 0 Å². The van der Waals surface area contributed by atoms with Crippen LogP contribution in [0.1, 0.15) is 193 Å². The topological polar surface area (TPSA) is 18.5 Å². The Balaban J connectivity index is 2.10. The summed E-state index contributed by atoms with van der Waals surface area (Å²) in [6, 6.07) is 6.34. The molecule has 0 unspecified atom stereocenters. The standard InChI is InChI=1S/C45H76O2/c1-5-7-9-11-13-15-17-19-21-23-25-27-29-31-33-35-40-46-43-38-37-39-44(45(43)42(3)4)47-41-36-34-32-30-28-26-24-22-20-18-16-14-12-10-8-6-2/h13-16,19-22,37-39,42H,5-12,17-18,23-36,40-41H2,1-4H3/b15-13-,16-14-,21-19-,22-20-. The first-order valence-electron chi connectivity index (χ1n) is 20.2. The van der Waals surface area contributed by atoms with Crippen LogP contribution in [-0.2, 0) is 0 Å². The number of ether oxygens (including phenoxy) is 2. The monoisotopic (exact) mass is 649 g/mol. The van der Waals surface area contributed by atoms with Gasteiger partial charge in [0.2, 0.25) is 0 Å². The van der Waals surface area contributed by atoms with E-state index in [0.717, 1.165) is 50.4 Å². The SMILES string of the molecule is CCCCC/C=C\C/C=C\CCCCCCCCOc1cccc(OCCCCCCCC/C=C\C/C=C\CCCCC)c1C(C)C. The average Bonchev–Trinajstić information content (AvgIpc) is 3.07. The van der Waals surface area contributed by atoms with Crippen molar-refractivity contribution in [1.82, 2.24) is 0 Å². The molecule has 1 aromatic carbocycles. The van der Waals surface area contributed by atoms with Crippen molar-refractivity contribution in [1.29, 1.82) is 0 Å². The molecule has 0 aliphatic rings. The van der Waals surface area contributed by atoms with E-state index in [4.69, 9.17) is 9.47 Å². The fourth-order valence-corrected chi connectivity index (χ4v) is 5.89. The van der Waals surface area contributed by atoms with Gasteiger partial charge in [-0.05, 0) is 95.1 Å². The maximum atomic E-state index is 6.29. The van der Waals surface area contributed by atoms with Crippen LogP contribution in [0.3, 0.4) is 0 Å². The number of unbranched alkanes of at least 4 members (excludes halogenated alkanes) is 18. The summed E-state index contributed by atoms with van der Waals surface area (Å²) in [5, 5.41) is 0. The molecule has 0 radical (unpaired) electrons. The molecule has 1 aromatic rings. The predicted octanol–water partition coefficient (Wildman–Crippen LogP) is 15.2. The zero-order valence-corrected chi connectivity index (χ0v) is 31.6. The summed E-state index contributed by atoms with van der Waals surface area (Å²) in [5.74, 6) is 2.40. The Hall–Kier alpha value is -2.22. The fraction of sp³-hybridized carbons (Fsp3) is 0.689. The van der Waals surface area contributed by atoms with E-state index in [2.05, 4.69) is 94.5 Å². The minimum absolute atomic E-state index is 0.382. The van der Waals surface area contributed by atoms with Gasteiger partial charge >= 0.3 is 0 Å². The molecule has 0 heterocycles. The number of allylic oxidation sites excluding steroid dienone is 8. The summed E-state index contributed by atoms with van der Waals surface area (Å²) in [5.41, 5.74) is 1.23. The molecule has 0 aliphatic carbocycles. The Morgan fingerprint density at radius 3 is 1.15 bits per heavy atom. The Morgan fingerprint density at radius 1 is 0.447 bits per heavy atom. The summed E-state index contributed by atoms with van der Waals surface area (Å²) in [7, 11) is 0. The van der Waals surface area contributed by atoms with Crippen LogP contribution >= 0.6 is 0 Å². The van der Waals surface area contributed by atoms with Gasteiger partial charge in [-0.3, -0.25) is 0 Å². The first-order chi connectivity index (χ1) is 23.2. The second kappa shape index (κ2) is 33.7. The van der Waals surface area contributed by atoms with Gasteiger partial charge in [-0.2, -0.15) is 0 Å². The fourth-order valence-electron chi connectivity index (χ4n) is 5.89. The van der Waals surface area contributed by atoms with Crippen LogP contribution in [0.5, 0.6) is 11.5 Å². The van der Waals surface area contributed by atoms with Gasteiger partial charge in [-0.25, -0.2) is 0 Å². The van der Waals surface area contributed by atoms with Gasteiger partial charge in [0.05, 0.1) is 13.2 Å². The van der Waals surface area contributed by atoms with Gasteiger partial charge in [-0.1, -0.05) is 159 Å². The summed E-state index contributed by atoms with van der Waals surface area (Å²) < 4.78 is 12.6. The van der Waals surface area contributed by atoms with E-state index in [9.17, 15) is 0 Å². The van der Waals surface area contributed by atoms with Crippen LogP contribution in [0.2, 0.25) is 0 Å². The third kappa shape index (κ3) is 26.4. The number of benzene rings is 1. The third-order valence-corrected chi connectivity index (χ3v) is 8.81. The van der Waals surface area contributed by atoms with E-state index in [1.54, 1.807) is 0 Å². The molecule has 0 fully saturated rings. The molecule has 0 amide bonds. The summed E-state index contributed by atoms with van der Waals surface area (Å²) in [6.07, 6.45) is 49.2. The first-order valence-corrected chi connectivity index (χ1v) is 20.2. The smallest absolute Gasteiger partial charge is 0.126 e. The lowest BCUT2D eigenvalue weighted by molar-refractivity contribution is 0.282. The van der Waals surface area contributed by atoms with Gasteiger partial charge in [0, 0.05) is 5.56 Å². The molecular weight excluding hydrogens is 572 g/mol. The normalized spacial score (nSPS) is 12.2. The van der Waals surface area contributed by atoms with Crippen LogP contribution in [0.15, 0.2) is 66.8 Å². The molecule has 268 valence electrons. The molecule has 0 aromatic heterocycles. The van der Waals surface area contributed by atoms with Crippen LogP contribution < -0.4 is 9.47 Å². The van der Waals surface area contributed by atoms with E-state index in [1.165, 1.54) is 134 Å². The molecule has 1 rings (SSSR count). The molecular formula is C45H76O2. The minimum atomic E-state index is 0.382. The van der Waals surface area contributed by atoms with Crippen molar-refractivity contribution >= 4 is 0 Å². The molecule has 0 saturated heterocycles. The highest BCUT2D eigenvalue weighted by molar-refractivity contribution is 5.46. The maximum absolute atomic E-state index is 6.29. The molecule has 47 heavy (non-hydrogen) atoms. The maximum Gasteiger partial charge on any atom is 0.126 e. The van der Waals surface area contributed by atoms with Gasteiger partial charge in [0.25, 0.3) is 0 Å². The molecule has 2 nitrogen and oxygen atoms in total. The average molecular weight is 649 g/mol. The minimum Gasteiger partial charge on any atom is -0.493 e. The number of rotatable bonds is 33. The van der Waals surface area contributed by atoms with Crippen LogP contribution in [-0.4, -0.2) is 13.2 Å². The predicted molar refractivity (Wildman–Crippen MR) is 210 cm³/mol. The molecule has 0 bridgehead atoms. The van der Waals surface area contributed by atoms with E-state index >= 15 is 0 Å². The van der Waals surface area contributed by atoms with Crippen molar-refractivity contribution in [2.75, 3.05) is 13.2 Å². The van der Waals surface area contributed by atoms with E-state index in [-0.39, 0.29) is 0 Å². The lowest BCUT2D eigenvalue weighted by Gasteiger charge is -2.19. The first kappa shape index (κ1) is 42.8. The molecule has 0 N–H and O–H groups in total. The molecule has 0 aliphatic heterocycles. The Bertz CT molecular complexity index is 854. The largest absolute Gasteiger partial charge is 0.493 e. The summed E-state index contributed by atoms with van der Waals surface area (Å²) >= 11 is 0.